The van der Waals surface area contributed by atoms with E-state index in [1.54, 1.807) is 7.11 Å². The van der Waals surface area contributed by atoms with Crippen LogP contribution in [0.15, 0.2) is 18.2 Å². The lowest BCUT2D eigenvalue weighted by atomic mass is 10.2. The molecular weight excluding hydrogens is 212 g/mol. The summed E-state index contributed by atoms with van der Waals surface area (Å²) in [6, 6.07) is 5.69. The summed E-state index contributed by atoms with van der Waals surface area (Å²) in [7, 11) is 1.71. The summed E-state index contributed by atoms with van der Waals surface area (Å²) >= 11 is 5.88. The second kappa shape index (κ2) is 6.70. The molecule has 3 heteroatoms. The van der Waals surface area contributed by atoms with Crippen molar-refractivity contribution in [3.63, 3.8) is 0 Å². The normalized spacial score (nSPS) is 10.3. The van der Waals surface area contributed by atoms with Gasteiger partial charge in [-0.05, 0) is 37.5 Å². The van der Waals surface area contributed by atoms with Crippen molar-refractivity contribution in [3.05, 3.63) is 28.8 Å². The number of benzene rings is 1. The summed E-state index contributed by atoms with van der Waals surface area (Å²) in [5.74, 6) is 0.875. The number of halogens is 1. The van der Waals surface area contributed by atoms with Crippen LogP contribution in [0.1, 0.15) is 18.4 Å². The third kappa shape index (κ3) is 4.54. The van der Waals surface area contributed by atoms with Crippen molar-refractivity contribution >= 4 is 11.6 Å². The highest BCUT2D eigenvalue weighted by Gasteiger charge is 2.00. The summed E-state index contributed by atoms with van der Waals surface area (Å²) in [4.78, 5) is 0. The molecular formula is C12H17ClO2. The summed E-state index contributed by atoms with van der Waals surface area (Å²) in [5.41, 5.74) is 1.12. The topological polar surface area (TPSA) is 18.5 Å². The van der Waals surface area contributed by atoms with Crippen LogP contribution in [-0.4, -0.2) is 20.3 Å². The molecule has 1 aromatic carbocycles. The van der Waals surface area contributed by atoms with Crippen LogP contribution in [0.2, 0.25) is 5.02 Å². The molecule has 0 unspecified atom stereocenters. The van der Waals surface area contributed by atoms with Crippen molar-refractivity contribution in [2.75, 3.05) is 20.3 Å². The molecule has 0 aromatic heterocycles. The molecule has 0 saturated heterocycles. The van der Waals surface area contributed by atoms with Gasteiger partial charge < -0.3 is 9.47 Å². The molecule has 0 saturated carbocycles. The van der Waals surface area contributed by atoms with Gasteiger partial charge in [0.2, 0.25) is 0 Å². The average molecular weight is 229 g/mol. The average Bonchev–Trinajstić information content (AvgIpc) is 2.23. The van der Waals surface area contributed by atoms with Gasteiger partial charge in [-0.25, -0.2) is 0 Å². The second-order valence-electron chi connectivity index (χ2n) is 3.46. The van der Waals surface area contributed by atoms with Crippen LogP contribution in [0.25, 0.3) is 0 Å². The Morgan fingerprint density at radius 3 is 2.67 bits per heavy atom. The van der Waals surface area contributed by atoms with E-state index in [0.29, 0.717) is 11.6 Å². The van der Waals surface area contributed by atoms with Gasteiger partial charge in [-0.1, -0.05) is 17.7 Å². The number of hydrogen-bond acceptors (Lipinski definition) is 2. The summed E-state index contributed by atoms with van der Waals surface area (Å²) in [5, 5.41) is 0.715. The zero-order chi connectivity index (χ0) is 11.1. The molecule has 2 nitrogen and oxygen atoms in total. The number of hydrogen-bond donors (Lipinski definition) is 0. The molecule has 0 spiro atoms. The number of methoxy groups -OCH3 is 1. The van der Waals surface area contributed by atoms with Gasteiger partial charge in [-0.15, -0.1) is 0 Å². The molecule has 15 heavy (non-hydrogen) atoms. The molecule has 0 fully saturated rings. The van der Waals surface area contributed by atoms with E-state index in [-0.39, 0.29) is 0 Å². The fraction of sp³-hybridized carbons (Fsp3) is 0.500. The maximum absolute atomic E-state index is 5.88. The van der Waals surface area contributed by atoms with Gasteiger partial charge in [-0.3, -0.25) is 0 Å². The highest BCUT2D eigenvalue weighted by molar-refractivity contribution is 6.30. The van der Waals surface area contributed by atoms with Gasteiger partial charge in [0.15, 0.2) is 0 Å². The Labute approximate surface area is 96.2 Å². The SMILES string of the molecule is COCCCCOc1cc(Cl)ccc1C. The largest absolute Gasteiger partial charge is 0.493 e. The number of aryl methyl sites for hydroxylation is 1. The summed E-state index contributed by atoms with van der Waals surface area (Å²) in [6.45, 7) is 3.52. The van der Waals surface area contributed by atoms with Crippen LogP contribution < -0.4 is 4.74 Å². The predicted octanol–water partition coefficient (Wildman–Crippen LogP) is 3.45. The van der Waals surface area contributed by atoms with Gasteiger partial charge >= 0.3 is 0 Å². The van der Waals surface area contributed by atoms with Gasteiger partial charge in [0.25, 0.3) is 0 Å². The molecule has 0 radical (unpaired) electrons. The van der Waals surface area contributed by atoms with E-state index in [9.17, 15) is 0 Å². The van der Waals surface area contributed by atoms with Gasteiger partial charge in [0, 0.05) is 18.7 Å². The Morgan fingerprint density at radius 2 is 1.93 bits per heavy atom. The van der Waals surface area contributed by atoms with Crippen molar-refractivity contribution in [3.8, 4) is 5.75 Å². The Balaban J connectivity index is 2.33. The number of rotatable bonds is 6. The standard InChI is InChI=1S/C12H17ClO2/c1-10-5-6-11(13)9-12(10)15-8-4-3-7-14-2/h5-6,9H,3-4,7-8H2,1-2H3. The van der Waals surface area contributed by atoms with Crippen molar-refractivity contribution in [1.82, 2.24) is 0 Å². The highest BCUT2D eigenvalue weighted by atomic mass is 35.5. The van der Waals surface area contributed by atoms with Crippen molar-refractivity contribution in [1.29, 1.82) is 0 Å². The molecule has 0 aliphatic carbocycles. The van der Waals surface area contributed by atoms with E-state index in [0.717, 1.165) is 30.8 Å². The first-order valence-electron chi connectivity index (χ1n) is 5.12. The molecule has 0 atom stereocenters. The minimum absolute atomic E-state index is 0.713. The molecule has 84 valence electrons. The third-order valence-electron chi connectivity index (χ3n) is 2.15. The Kier molecular flexibility index (Phi) is 5.51. The molecule has 1 rings (SSSR count). The van der Waals surface area contributed by atoms with E-state index in [2.05, 4.69) is 0 Å². The predicted molar refractivity (Wildman–Crippen MR) is 62.8 cm³/mol. The molecule has 0 bridgehead atoms. The Bertz CT molecular complexity index is 300. The summed E-state index contributed by atoms with van der Waals surface area (Å²) in [6.07, 6.45) is 2.02. The van der Waals surface area contributed by atoms with E-state index >= 15 is 0 Å². The molecule has 0 amide bonds. The zero-order valence-electron chi connectivity index (χ0n) is 9.25. The lowest BCUT2D eigenvalue weighted by molar-refractivity contribution is 0.184. The van der Waals surface area contributed by atoms with Crippen LogP contribution in [0.3, 0.4) is 0 Å². The fourth-order valence-electron chi connectivity index (χ4n) is 1.26. The van der Waals surface area contributed by atoms with Gasteiger partial charge in [0.1, 0.15) is 5.75 Å². The maximum Gasteiger partial charge on any atom is 0.123 e. The Morgan fingerprint density at radius 1 is 1.20 bits per heavy atom. The molecule has 0 aliphatic rings. The molecule has 0 N–H and O–H groups in total. The number of ether oxygens (including phenoxy) is 2. The lowest BCUT2D eigenvalue weighted by Crippen LogP contribution is -2.00. The van der Waals surface area contributed by atoms with Crippen molar-refractivity contribution in [2.24, 2.45) is 0 Å². The molecule has 0 heterocycles. The maximum atomic E-state index is 5.88. The quantitative estimate of drug-likeness (QED) is 0.695. The van der Waals surface area contributed by atoms with Gasteiger partial charge in [-0.2, -0.15) is 0 Å². The first-order valence-corrected chi connectivity index (χ1v) is 5.49. The number of unbranched alkanes of at least 4 members (excludes halogenated alkanes) is 1. The Hall–Kier alpha value is -0.730. The van der Waals surface area contributed by atoms with Crippen LogP contribution in [-0.2, 0) is 4.74 Å². The highest BCUT2D eigenvalue weighted by Crippen LogP contribution is 2.22. The molecule has 0 aliphatic heterocycles. The minimum Gasteiger partial charge on any atom is -0.493 e. The summed E-state index contributed by atoms with van der Waals surface area (Å²) < 4.78 is 10.6. The second-order valence-corrected chi connectivity index (χ2v) is 3.89. The van der Waals surface area contributed by atoms with E-state index in [1.165, 1.54) is 0 Å². The minimum atomic E-state index is 0.713. The van der Waals surface area contributed by atoms with Crippen LogP contribution in [0, 0.1) is 6.92 Å². The van der Waals surface area contributed by atoms with Gasteiger partial charge in [0.05, 0.1) is 6.61 Å². The van der Waals surface area contributed by atoms with Crippen LogP contribution in [0.4, 0.5) is 0 Å². The first-order chi connectivity index (χ1) is 7.24. The fourth-order valence-corrected chi connectivity index (χ4v) is 1.42. The van der Waals surface area contributed by atoms with Crippen LogP contribution >= 0.6 is 11.6 Å². The third-order valence-corrected chi connectivity index (χ3v) is 2.39. The monoisotopic (exact) mass is 228 g/mol. The smallest absolute Gasteiger partial charge is 0.123 e. The first kappa shape index (κ1) is 12.3. The van der Waals surface area contributed by atoms with E-state index in [4.69, 9.17) is 21.1 Å². The lowest BCUT2D eigenvalue weighted by Gasteiger charge is -2.09. The van der Waals surface area contributed by atoms with E-state index < -0.39 is 0 Å². The van der Waals surface area contributed by atoms with Crippen molar-refractivity contribution in [2.45, 2.75) is 19.8 Å². The van der Waals surface area contributed by atoms with Crippen LogP contribution in [0.5, 0.6) is 5.75 Å². The zero-order valence-corrected chi connectivity index (χ0v) is 10.0. The molecule has 1 aromatic rings. The van der Waals surface area contributed by atoms with E-state index in [1.807, 2.05) is 25.1 Å². The van der Waals surface area contributed by atoms with Crippen molar-refractivity contribution < 1.29 is 9.47 Å².